The van der Waals surface area contributed by atoms with Crippen molar-refractivity contribution in [2.45, 2.75) is 32.7 Å². The van der Waals surface area contributed by atoms with Crippen molar-refractivity contribution in [1.82, 2.24) is 15.1 Å². The number of carbonyl (C=O) groups excluding carboxylic acids is 2. The molecule has 0 spiro atoms. The molecule has 6 nitrogen and oxygen atoms in total. The number of hydrogen-bond donors (Lipinski definition) is 2. The number of Topliss-reactive ketones (excluding diaryl/α,β-unsaturated/α-hetero) is 1. The maximum atomic E-state index is 12.5. The normalized spacial score (nSPS) is 12.1. The number of hydrogen-bond acceptors (Lipinski definition) is 4. The van der Waals surface area contributed by atoms with Gasteiger partial charge in [0.15, 0.2) is 5.78 Å². The Kier molecular flexibility index (Phi) is 5.02. The number of rotatable bonds is 6. The smallest absolute Gasteiger partial charge is 0.251 e. The molecule has 134 valence electrons. The number of phenolic OH excluding ortho intramolecular Hbond substituents is 1. The van der Waals surface area contributed by atoms with Crippen molar-refractivity contribution in [2.24, 2.45) is 0 Å². The van der Waals surface area contributed by atoms with Crippen LogP contribution in [0.5, 0.6) is 5.75 Å². The highest BCUT2D eigenvalue weighted by atomic mass is 16.3. The topological polar surface area (TPSA) is 84.2 Å². The van der Waals surface area contributed by atoms with Crippen LogP contribution in [0, 0.1) is 0 Å². The van der Waals surface area contributed by atoms with Crippen LogP contribution in [-0.2, 0) is 4.79 Å². The molecule has 26 heavy (non-hydrogen) atoms. The zero-order chi connectivity index (χ0) is 18.7. The Balaban J connectivity index is 1.90. The number of nitrogens with zero attached hydrogens (tertiary/aromatic N) is 2. The van der Waals surface area contributed by atoms with Gasteiger partial charge in [-0.05, 0) is 49.7 Å². The molecule has 2 aromatic carbocycles. The van der Waals surface area contributed by atoms with Gasteiger partial charge in [-0.1, -0.05) is 19.4 Å². The second-order valence-electron chi connectivity index (χ2n) is 6.28. The second kappa shape index (κ2) is 7.39. The van der Waals surface area contributed by atoms with Crippen LogP contribution in [0.4, 0.5) is 0 Å². The summed E-state index contributed by atoms with van der Waals surface area (Å²) in [6.45, 7) is 3.46. The lowest BCUT2D eigenvalue weighted by Crippen LogP contribution is -2.39. The quantitative estimate of drug-likeness (QED) is 0.714. The van der Waals surface area contributed by atoms with E-state index in [4.69, 9.17) is 0 Å². The Morgan fingerprint density at radius 1 is 1.23 bits per heavy atom. The lowest BCUT2D eigenvalue weighted by molar-refractivity contribution is -0.118. The molecule has 0 radical (unpaired) electrons. The predicted molar refractivity (Wildman–Crippen MR) is 99.6 cm³/mol. The minimum Gasteiger partial charge on any atom is -0.508 e. The molecule has 1 aromatic heterocycles. The zero-order valence-corrected chi connectivity index (χ0v) is 14.8. The fraction of sp³-hybridized carbons (Fsp3) is 0.250. The zero-order valence-electron chi connectivity index (χ0n) is 14.8. The van der Waals surface area contributed by atoms with Crippen molar-refractivity contribution < 1.29 is 14.7 Å². The van der Waals surface area contributed by atoms with E-state index in [-0.39, 0.29) is 17.4 Å². The van der Waals surface area contributed by atoms with Crippen molar-refractivity contribution in [3.63, 3.8) is 0 Å². The van der Waals surface area contributed by atoms with Crippen LogP contribution < -0.4 is 5.32 Å². The monoisotopic (exact) mass is 351 g/mol. The fourth-order valence-electron chi connectivity index (χ4n) is 2.91. The molecule has 0 unspecified atom stereocenters. The number of aromatic nitrogens is 2. The summed E-state index contributed by atoms with van der Waals surface area (Å²) in [5, 5.41) is 17.5. The minimum atomic E-state index is -0.468. The number of carbonyl (C=O) groups is 2. The lowest BCUT2D eigenvalue weighted by Gasteiger charge is -2.15. The van der Waals surface area contributed by atoms with Crippen LogP contribution in [-0.4, -0.2) is 32.6 Å². The first-order valence-corrected chi connectivity index (χ1v) is 8.58. The van der Waals surface area contributed by atoms with E-state index in [1.165, 1.54) is 6.92 Å². The largest absolute Gasteiger partial charge is 0.508 e. The third-order valence-corrected chi connectivity index (χ3v) is 4.28. The third-order valence-electron chi connectivity index (χ3n) is 4.28. The van der Waals surface area contributed by atoms with E-state index < -0.39 is 6.04 Å². The average molecular weight is 351 g/mol. The van der Waals surface area contributed by atoms with Crippen LogP contribution in [0.3, 0.4) is 0 Å². The van der Waals surface area contributed by atoms with Crippen LogP contribution in [0.1, 0.15) is 37.0 Å². The molecule has 1 atom stereocenters. The summed E-state index contributed by atoms with van der Waals surface area (Å²) in [6, 6.07) is 11.6. The molecule has 0 saturated heterocycles. The van der Waals surface area contributed by atoms with E-state index in [9.17, 15) is 14.7 Å². The number of ketones is 1. The first-order valence-electron chi connectivity index (χ1n) is 8.58. The van der Waals surface area contributed by atoms with Crippen molar-refractivity contribution in [1.29, 1.82) is 0 Å². The number of amides is 1. The van der Waals surface area contributed by atoms with Crippen molar-refractivity contribution in [3.05, 3.63) is 54.2 Å². The van der Waals surface area contributed by atoms with Gasteiger partial charge in [0.05, 0.1) is 23.4 Å². The molecule has 0 fully saturated rings. The molecule has 1 heterocycles. The van der Waals surface area contributed by atoms with Gasteiger partial charge in [-0.15, -0.1) is 0 Å². The fourth-order valence-corrected chi connectivity index (χ4v) is 2.91. The van der Waals surface area contributed by atoms with Crippen LogP contribution in [0.2, 0.25) is 0 Å². The Morgan fingerprint density at radius 3 is 2.77 bits per heavy atom. The molecule has 1 amide bonds. The SMILES string of the molecule is CCC[C@@H](NC(=O)c1cccc(-n2ncc3cc(O)ccc32)c1)C(C)=O. The van der Waals surface area contributed by atoms with Crippen molar-refractivity contribution in [3.8, 4) is 11.4 Å². The van der Waals surface area contributed by atoms with Gasteiger partial charge >= 0.3 is 0 Å². The summed E-state index contributed by atoms with van der Waals surface area (Å²) in [7, 11) is 0. The van der Waals surface area contributed by atoms with E-state index in [2.05, 4.69) is 10.4 Å². The van der Waals surface area contributed by atoms with Crippen LogP contribution >= 0.6 is 0 Å². The van der Waals surface area contributed by atoms with E-state index >= 15 is 0 Å². The van der Waals surface area contributed by atoms with Gasteiger partial charge in [0.1, 0.15) is 5.75 Å². The first-order chi connectivity index (χ1) is 12.5. The summed E-state index contributed by atoms with van der Waals surface area (Å²) in [5.41, 5.74) is 2.02. The van der Waals surface area contributed by atoms with Gasteiger partial charge in [-0.25, -0.2) is 4.68 Å². The van der Waals surface area contributed by atoms with Gasteiger partial charge in [-0.2, -0.15) is 5.10 Å². The lowest BCUT2D eigenvalue weighted by atomic mass is 10.1. The maximum absolute atomic E-state index is 12.5. The number of aromatic hydroxyl groups is 1. The highest BCUT2D eigenvalue weighted by Crippen LogP contribution is 2.22. The Morgan fingerprint density at radius 2 is 2.04 bits per heavy atom. The number of benzene rings is 2. The summed E-state index contributed by atoms with van der Waals surface area (Å²) >= 11 is 0. The summed E-state index contributed by atoms with van der Waals surface area (Å²) in [6.07, 6.45) is 3.10. The van der Waals surface area contributed by atoms with Gasteiger partial charge in [0.2, 0.25) is 0 Å². The standard InChI is InChI=1S/C20H21N3O3/c1-3-5-18(13(2)24)22-20(26)14-6-4-7-16(10-14)23-19-9-8-17(25)11-15(19)12-21-23/h4,6-12,18,25H,3,5H2,1-2H3,(H,22,26)/t18-/m1/s1. The van der Waals surface area contributed by atoms with E-state index in [0.29, 0.717) is 12.0 Å². The number of fused-ring (bicyclic) bond motifs is 1. The Hall–Kier alpha value is -3.15. The third kappa shape index (κ3) is 3.59. The molecule has 2 N–H and O–H groups in total. The molecular formula is C20H21N3O3. The molecule has 3 rings (SSSR count). The molecule has 6 heteroatoms. The molecule has 0 aliphatic heterocycles. The van der Waals surface area contributed by atoms with E-state index in [0.717, 1.165) is 23.0 Å². The maximum Gasteiger partial charge on any atom is 0.251 e. The highest BCUT2D eigenvalue weighted by Gasteiger charge is 2.17. The molecule has 3 aromatic rings. The Labute approximate surface area is 151 Å². The number of phenols is 1. The van der Waals surface area contributed by atoms with Gasteiger partial charge in [0.25, 0.3) is 5.91 Å². The van der Waals surface area contributed by atoms with Crippen LogP contribution in [0.15, 0.2) is 48.7 Å². The van der Waals surface area contributed by atoms with Crippen molar-refractivity contribution in [2.75, 3.05) is 0 Å². The Bertz CT molecular complexity index is 962. The van der Waals surface area contributed by atoms with E-state index in [1.807, 2.05) is 13.0 Å². The first kappa shape index (κ1) is 17.7. The van der Waals surface area contributed by atoms with Gasteiger partial charge < -0.3 is 10.4 Å². The molecular weight excluding hydrogens is 330 g/mol. The summed E-state index contributed by atoms with van der Waals surface area (Å²) < 4.78 is 1.71. The second-order valence-corrected chi connectivity index (χ2v) is 6.28. The molecule has 0 aliphatic rings. The predicted octanol–water partition coefficient (Wildman–Crippen LogP) is 3.22. The summed E-state index contributed by atoms with van der Waals surface area (Å²) in [5.74, 6) is -0.153. The summed E-state index contributed by atoms with van der Waals surface area (Å²) in [4.78, 5) is 24.2. The van der Waals surface area contributed by atoms with Gasteiger partial charge in [-0.3, -0.25) is 9.59 Å². The number of nitrogens with one attached hydrogen (secondary N) is 1. The van der Waals surface area contributed by atoms with Gasteiger partial charge in [0, 0.05) is 10.9 Å². The highest BCUT2D eigenvalue weighted by molar-refractivity contribution is 5.98. The van der Waals surface area contributed by atoms with E-state index in [1.54, 1.807) is 47.3 Å². The molecule has 0 saturated carbocycles. The molecule has 0 aliphatic carbocycles. The van der Waals surface area contributed by atoms with Crippen molar-refractivity contribution >= 4 is 22.6 Å². The average Bonchev–Trinajstić information content (AvgIpc) is 3.04. The molecule has 0 bridgehead atoms. The van der Waals surface area contributed by atoms with Crippen LogP contribution in [0.25, 0.3) is 16.6 Å². The minimum absolute atomic E-state index is 0.0470.